The molecule has 0 aliphatic rings. The van der Waals surface area contributed by atoms with Crippen LogP contribution in [-0.4, -0.2) is 36.6 Å². The van der Waals surface area contributed by atoms with Gasteiger partial charge in [0.25, 0.3) is 0 Å². The van der Waals surface area contributed by atoms with Crippen molar-refractivity contribution in [1.29, 1.82) is 0 Å². The van der Waals surface area contributed by atoms with Gasteiger partial charge in [-0.1, -0.05) is 6.07 Å². The minimum atomic E-state index is -1.07. The van der Waals surface area contributed by atoms with E-state index in [1.807, 2.05) is 0 Å². The monoisotopic (exact) mass is 379 g/mol. The minimum Gasteiger partial charge on any atom is -0.496 e. The van der Waals surface area contributed by atoms with E-state index >= 15 is 0 Å². The van der Waals surface area contributed by atoms with E-state index in [9.17, 15) is 9.50 Å². The zero-order valence-corrected chi connectivity index (χ0v) is 15.6. The van der Waals surface area contributed by atoms with Gasteiger partial charge in [0.1, 0.15) is 17.2 Å². The van der Waals surface area contributed by atoms with Crippen LogP contribution in [0.15, 0.2) is 48.9 Å². The van der Waals surface area contributed by atoms with Crippen LogP contribution in [0, 0.1) is 5.82 Å². The molecule has 0 aliphatic carbocycles. The molecular formula is C20H18FN5O2. The van der Waals surface area contributed by atoms with Crippen molar-refractivity contribution >= 4 is 5.78 Å². The first kappa shape index (κ1) is 18.0. The Hall–Kier alpha value is -3.39. The molecule has 0 spiro atoms. The summed E-state index contributed by atoms with van der Waals surface area (Å²) in [6.07, 6.45) is 4.95. The second-order valence-electron chi connectivity index (χ2n) is 6.77. The molecule has 0 atom stereocenters. The van der Waals surface area contributed by atoms with E-state index in [2.05, 4.69) is 19.9 Å². The molecule has 3 heterocycles. The molecule has 0 bridgehead atoms. The molecule has 0 unspecified atom stereocenters. The van der Waals surface area contributed by atoms with E-state index in [1.54, 1.807) is 61.1 Å². The Morgan fingerprint density at radius 2 is 1.93 bits per heavy atom. The predicted octanol–water partition coefficient (Wildman–Crippen LogP) is 3.23. The topological polar surface area (TPSA) is 85.4 Å². The Labute approximate surface area is 160 Å². The van der Waals surface area contributed by atoms with Gasteiger partial charge < -0.3 is 9.84 Å². The molecule has 8 heteroatoms. The van der Waals surface area contributed by atoms with Crippen LogP contribution in [0.2, 0.25) is 0 Å². The highest BCUT2D eigenvalue weighted by Crippen LogP contribution is 2.31. The first-order chi connectivity index (χ1) is 13.4. The summed E-state index contributed by atoms with van der Waals surface area (Å²) in [5.41, 5.74) is 0.862. The molecule has 0 saturated heterocycles. The van der Waals surface area contributed by atoms with Crippen molar-refractivity contribution in [2.24, 2.45) is 0 Å². The summed E-state index contributed by atoms with van der Waals surface area (Å²) in [5, 5.41) is 10.1. The zero-order valence-electron chi connectivity index (χ0n) is 15.6. The lowest BCUT2D eigenvalue weighted by Gasteiger charge is -2.16. The first-order valence-corrected chi connectivity index (χ1v) is 8.62. The average Bonchev–Trinajstić information content (AvgIpc) is 3.10. The number of aliphatic hydroxyl groups is 1. The number of halogens is 1. The molecule has 0 saturated carbocycles. The van der Waals surface area contributed by atoms with Crippen LogP contribution < -0.4 is 4.74 Å². The molecule has 0 radical (unpaired) electrons. The second-order valence-corrected chi connectivity index (χ2v) is 6.77. The van der Waals surface area contributed by atoms with E-state index in [0.717, 1.165) is 0 Å². The molecule has 28 heavy (non-hydrogen) atoms. The maximum absolute atomic E-state index is 14.4. The van der Waals surface area contributed by atoms with Gasteiger partial charge in [-0.2, -0.15) is 0 Å². The van der Waals surface area contributed by atoms with E-state index in [0.29, 0.717) is 28.6 Å². The molecule has 7 nitrogen and oxygen atoms in total. The fraction of sp³-hybridized carbons (Fsp3) is 0.200. The number of hydrogen-bond acceptors (Lipinski definition) is 6. The van der Waals surface area contributed by atoms with Crippen LogP contribution in [0.3, 0.4) is 0 Å². The third-order valence-electron chi connectivity index (χ3n) is 4.34. The number of aromatic nitrogens is 5. The Morgan fingerprint density at radius 1 is 1.11 bits per heavy atom. The van der Waals surface area contributed by atoms with Gasteiger partial charge in [-0.15, -0.1) is 0 Å². The number of imidazole rings is 1. The van der Waals surface area contributed by atoms with Gasteiger partial charge in [-0.3, -0.25) is 4.40 Å². The van der Waals surface area contributed by atoms with Crippen molar-refractivity contribution in [3.63, 3.8) is 0 Å². The summed E-state index contributed by atoms with van der Waals surface area (Å²) in [4.78, 5) is 17.4. The normalized spacial score (nSPS) is 11.8. The molecule has 0 fully saturated rings. The summed E-state index contributed by atoms with van der Waals surface area (Å²) in [6.45, 7) is 3.32. The van der Waals surface area contributed by atoms with Crippen LogP contribution in [0.5, 0.6) is 5.75 Å². The van der Waals surface area contributed by atoms with Crippen LogP contribution in [-0.2, 0) is 5.60 Å². The highest BCUT2D eigenvalue weighted by molar-refractivity contribution is 5.68. The molecule has 4 aromatic rings. The largest absolute Gasteiger partial charge is 0.496 e. The van der Waals surface area contributed by atoms with E-state index in [1.165, 1.54) is 13.2 Å². The fourth-order valence-electron chi connectivity index (χ4n) is 2.91. The standard InChI is InChI=1S/C20H18FN5O2/c1-20(2,27)16-8-10-26-14(11-23-19(26)25-16)13-7-9-22-18(24-13)17-12(21)5-4-6-15(17)28-3/h4-11,27H,1-3H3. The number of ether oxygens (including phenoxy) is 1. The third-order valence-corrected chi connectivity index (χ3v) is 4.34. The van der Waals surface area contributed by atoms with Crippen molar-refractivity contribution < 1.29 is 14.2 Å². The number of hydrogen-bond donors (Lipinski definition) is 1. The molecule has 0 aliphatic heterocycles. The average molecular weight is 379 g/mol. The second kappa shape index (κ2) is 6.65. The third kappa shape index (κ3) is 3.07. The van der Waals surface area contributed by atoms with E-state index < -0.39 is 11.4 Å². The van der Waals surface area contributed by atoms with E-state index in [4.69, 9.17) is 4.74 Å². The summed E-state index contributed by atoms with van der Waals surface area (Å²) < 4.78 is 21.4. The number of methoxy groups -OCH3 is 1. The Morgan fingerprint density at radius 3 is 2.68 bits per heavy atom. The highest BCUT2D eigenvalue weighted by Gasteiger charge is 2.20. The number of nitrogens with zero attached hydrogens (tertiary/aromatic N) is 5. The maximum Gasteiger partial charge on any atom is 0.234 e. The Balaban J connectivity index is 1.83. The van der Waals surface area contributed by atoms with Crippen LogP contribution in [0.4, 0.5) is 4.39 Å². The molecule has 142 valence electrons. The smallest absolute Gasteiger partial charge is 0.234 e. The van der Waals surface area contributed by atoms with Crippen molar-refractivity contribution in [1.82, 2.24) is 24.3 Å². The molecule has 1 N–H and O–H groups in total. The number of benzene rings is 1. The Bertz CT molecular complexity index is 1170. The summed E-state index contributed by atoms with van der Waals surface area (Å²) in [7, 11) is 1.47. The van der Waals surface area contributed by atoms with Gasteiger partial charge in [0, 0.05) is 12.4 Å². The van der Waals surface area contributed by atoms with Gasteiger partial charge in [-0.25, -0.2) is 24.3 Å². The number of fused-ring (bicyclic) bond motifs is 1. The summed E-state index contributed by atoms with van der Waals surface area (Å²) in [6, 6.07) is 8.00. The van der Waals surface area contributed by atoms with Crippen molar-refractivity contribution in [3.05, 3.63) is 60.4 Å². The van der Waals surface area contributed by atoms with E-state index in [-0.39, 0.29) is 11.4 Å². The van der Waals surface area contributed by atoms with Crippen molar-refractivity contribution in [2.45, 2.75) is 19.4 Å². The fourth-order valence-corrected chi connectivity index (χ4v) is 2.91. The lowest BCUT2D eigenvalue weighted by Crippen LogP contribution is -2.18. The number of rotatable bonds is 4. The summed E-state index contributed by atoms with van der Waals surface area (Å²) in [5.74, 6) is 0.527. The lowest BCUT2D eigenvalue weighted by molar-refractivity contribution is 0.0739. The molecule has 4 rings (SSSR count). The van der Waals surface area contributed by atoms with Crippen LogP contribution in [0.25, 0.3) is 28.6 Å². The van der Waals surface area contributed by atoms with Gasteiger partial charge in [0.15, 0.2) is 5.82 Å². The SMILES string of the molecule is COc1cccc(F)c1-c1nccc(-c2cnc3nc(C(C)(C)O)ccn23)n1. The molecule has 1 aromatic carbocycles. The molecular weight excluding hydrogens is 361 g/mol. The van der Waals surface area contributed by atoms with Gasteiger partial charge in [0.05, 0.1) is 36.0 Å². The van der Waals surface area contributed by atoms with Gasteiger partial charge in [-0.05, 0) is 38.1 Å². The Kier molecular flexibility index (Phi) is 4.27. The van der Waals surface area contributed by atoms with Crippen LogP contribution >= 0.6 is 0 Å². The predicted molar refractivity (Wildman–Crippen MR) is 101 cm³/mol. The first-order valence-electron chi connectivity index (χ1n) is 8.62. The van der Waals surface area contributed by atoms with Gasteiger partial charge in [0.2, 0.25) is 5.78 Å². The molecule has 0 amide bonds. The van der Waals surface area contributed by atoms with Gasteiger partial charge >= 0.3 is 0 Å². The quantitative estimate of drug-likeness (QED) is 0.586. The zero-order chi connectivity index (χ0) is 19.9. The van der Waals surface area contributed by atoms with Crippen LogP contribution in [0.1, 0.15) is 19.5 Å². The highest BCUT2D eigenvalue weighted by atomic mass is 19.1. The molecule has 3 aromatic heterocycles. The van der Waals surface area contributed by atoms with Crippen molar-refractivity contribution in [3.8, 4) is 28.5 Å². The minimum absolute atomic E-state index is 0.197. The summed E-state index contributed by atoms with van der Waals surface area (Å²) >= 11 is 0. The lowest BCUT2D eigenvalue weighted by atomic mass is 10.1. The maximum atomic E-state index is 14.4. The van der Waals surface area contributed by atoms with Crippen molar-refractivity contribution in [2.75, 3.05) is 7.11 Å².